The fourth-order valence-electron chi connectivity index (χ4n) is 2.38. The van der Waals surface area contributed by atoms with Gasteiger partial charge in [-0.05, 0) is 23.8 Å². The van der Waals surface area contributed by atoms with Crippen molar-refractivity contribution in [3.8, 4) is 0 Å². The van der Waals surface area contributed by atoms with Crippen LogP contribution in [0.4, 0.5) is 14.5 Å². The number of amides is 2. The van der Waals surface area contributed by atoms with Crippen LogP contribution in [-0.4, -0.2) is 38.5 Å². The Morgan fingerprint density at radius 3 is 2.28 bits per heavy atom. The highest BCUT2D eigenvalue weighted by molar-refractivity contribution is 7.90. The smallest absolute Gasteiger partial charge is 0.271 e. The van der Waals surface area contributed by atoms with Gasteiger partial charge in [-0.15, -0.1) is 0 Å². The zero-order valence-electron chi connectivity index (χ0n) is 15.1. The highest BCUT2D eigenvalue weighted by Crippen LogP contribution is 2.22. The van der Waals surface area contributed by atoms with E-state index in [2.05, 4.69) is 10.6 Å². The van der Waals surface area contributed by atoms with Crippen LogP contribution >= 0.6 is 0 Å². The normalized spacial score (nSPS) is 12.1. The maximum atomic E-state index is 13.5. The average molecular weight is 427 g/mol. The van der Waals surface area contributed by atoms with Crippen molar-refractivity contribution in [2.75, 3.05) is 13.3 Å². The zero-order chi connectivity index (χ0) is 21.9. The number of rotatable bonds is 6. The summed E-state index contributed by atoms with van der Waals surface area (Å²) in [6.45, 7) is 0. The number of carbonyl (C=O) groups excluding carboxylic acids is 2. The molecule has 0 saturated heterocycles. The fraction of sp³-hybridized carbons (Fsp3) is 0.176. The second-order valence-corrected chi connectivity index (χ2v) is 7.95. The van der Waals surface area contributed by atoms with Crippen LogP contribution in [-0.2, 0) is 14.6 Å². The van der Waals surface area contributed by atoms with E-state index < -0.39 is 60.4 Å². The van der Waals surface area contributed by atoms with Gasteiger partial charge in [-0.2, -0.15) is 0 Å². The molecule has 2 aromatic carbocycles. The van der Waals surface area contributed by atoms with Gasteiger partial charge in [-0.3, -0.25) is 19.7 Å². The first kappa shape index (κ1) is 21.9. The zero-order valence-corrected chi connectivity index (χ0v) is 15.9. The molecule has 0 aliphatic heterocycles. The Morgan fingerprint density at radius 2 is 1.76 bits per heavy atom. The van der Waals surface area contributed by atoms with Crippen molar-refractivity contribution in [3.05, 3.63) is 69.3 Å². The molecule has 2 N–H and O–H groups in total. The van der Waals surface area contributed by atoms with E-state index in [1.165, 1.54) is 7.05 Å². The van der Waals surface area contributed by atoms with Gasteiger partial charge in [0.15, 0.2) is 21.5 Å². The van der Waals surface area contributed by atoms with Crippen LogP contribution in [0.5, 0.6) is 0 Å². The number of nitro groups is 1. The fourth-order valence-corrected chi connectivity index (χ4v) is 3.06. The van der Waals surface area contributed by atoms with Crippen LogP contribution in [0.2, 0.25) is 0 Å². The molecule has 0 aliphatic rings. The molecule has 0 heterocycles. The summed E-state index contributed by atoms with van der Waals surface area (Å²) >= 11 is 0. The quantitative estimate of drug-likeness (QED) is 0.530. The Labute approximate surface area is 163 Å². The molecule has 0 fully saturated rings. The van der Waals surface area contributed by atoms with Gasteiger partial charge in [-0.1, -0.05) is 6.07 Å². The summed E-state index contributed by atoms with van der Waals surface area (Å²) in [4.78, 5) is 34.4. The minimum Gasteiger partial charge on any atom is -0.357 e. The van der Waals surface area contributed by atoms with E-state index in [0.717, 1.165) is 36.6 Å². The largest absolute Gasteiger partial charge is 0.357 e. The minimum atomic E-state index is -3.88. The molecule has 1 unspecified atom stereocenters. The van der Waals surface area contributed by atoms with E-state index in [1.807, 2.05) is 0 Å². The Bertz CT molecular complexity index is 1100. The number of carbonyl (C=O) groups is 2. The maximum absolute atomic E-state index is 13.5. The molecule has 0 radical (unpaired) electrons. The van der Waals surface area contributed by atoms with E-state index in [1.54, 1.807) is 0 Å². The molecule has 29 heavy (non-hydrogen) atoms. The number of hydrogen-bond donors (Lipinski definition) is 2. The molecule has 0 aromatic heterocycles. The first-order valence-electron chi connectivity index (χ1n) is 7.91. The van der Waals surface area contributed by atoms with Gasteiger partial charge < -0.3 is 10.6 Å². The third kappa shape index (κ3) is 5.10. The Morgan fingerprint density at radius 1 is 1.10 bits per heavy atom. The average Bonchev–Trinajstić information content (AvgIpc) is 2.66. The molecule has 154 valence electrons. The third-order valence-corrected chi connectivity index (χ3v) is 4.95. The van der Waals surface area contributed by atoms with Crippen molar-refractivity contribution in [3.63, 3.8) is 0 Å². The molecule has 2 rings (SSSR count). The lowest BCUT2D eigenvalue weighted by Gasteiger charge is -2.18. The molecule has 1 atom stereocenters. The lowest BCUT2D eigenvalue weighted by atomic mass is 10.0. The minimum absolute atomic E-state index is 0.0923. The van der Waals surface area contributed by atoms with Crippen LogP contribution in [0, 0.1) is 21.7 Å². The summed E-state index contributed by atoms with van der Waals surface area (Å²) < 4.78 is 50.2. The second-order valence-electron chi connectivity index (χ2n) is 5.94. The first-order chi connectivity index (χ1) is 13.4. The van der Waals surface area contributed by atoms with Crippen LogP contribution in [0.25, 0.3) is 0 Å². The van der Waals surface area contributed by atoms with E-state index in [0.29, 0.717) is 6.07 Å². The molecule has 0 aliphatic carbocycles. The van der Waals surface area contributed by atoms with Gasteiger partial charge in [0.05, 0.1) is 9.82 Å². The lowest BCUT2D eigenvalue weighted by molar-refractivity contribution is -0.385. The third-order valence-electron chi connectivity index (χ3n) is 3.85. The number of non-ortho nitro benzene ring substituents is 1. The Hall–Kier alpha value is -3.41. The highest BCUT2D eigenvalue weighted by Gasteiger charge is 2.25. The number of hydrogen-bond acceptors (Lipinski definition) is 6. The van der Waals surface area contributed by atoms with E-state index in [9.17, 15) is 36.9 Å². The Balaban J connectivity index is 2.48. The maximum Gasteiger partial charge on any atom is 0.271 e. The summed E-state index contributed by atoms with van der Waals surface area (Å²) in [5, 5.41) is 15.5. The summed E-state index contributed by atoms with van der Waals surface area (Å²) in [7, 11) is -2.64. The number of sulfone groups is 1. The SMILES string of the molecule is CNC(=O)C(NC(=O)c1cc([N+](=O)[O-])cc(S(C)(=O)=O)c1)c1ccc(F)c(F)c1. The van der Waals surface area contributed by atoms with Gasteiger partial charge in [0.2, 0.25) is 5.91 Å². The molecule has 0 spiro atoms. The van der Waals surface area contributed by atoms with Crippen molar-refractivity contribution >= 4 is 27.3 Å². The number of benzene rings is 2. The number of nitro benzene ring substituents is 1. The van der Waals surface area contributed by atoms with Crippen molar-refractivity contribution in [1.82, 2.24) is 10.6 Å². The van der Waals surface area contributed by atoms with Gasteiger partial charge in [0.1, 0.15) is 6.04 Å². The van der Waals surface area contributed by atoms with Crippen molar-refractivity contribution in [1.29, 1.82) is 0 Å². The number of halogens is 2. The number of likely N-dealkylation sites (N-methyl/N-ethyl adjacent to an activating group) is 1. The van der Waals surface area contributed by atoms with E-state index >= 15 is 0 Å². The van der Waals surface area contributed by atoms with Gasteiger partial charge in [-0.25, -0.2) is 17.2 Å². The lowest BCUT2D eigenvalue weighted by Crippen LogP contribution is -2.39. The molecule has 2 amide bonds. The molecule has 0 bridgehead atoms. The highest BCUT2D eigenvalue weighted by atomic mass is 32.2. The molecule has 0 saturated carbocycles. The standard InChI is InChI=1S/C17H15F2N3O6S/c1-20-17(24)15(9-3-4-13(18)14(19)7-9)21-16(23)10-5-11(22(25)26)8-12(6-10)29(2,27)28/h3-8,15H,1-2H3,(H,20,24)(H,21,23). The van der Waals surface area contributed by atoms with Crippen molar-refractivity contribution in [2.45, 2.75) is 10.9 Å². The molecular weight excluding hydrogens is 412 g/mol. The van der Waals surface area contributed by atoms with Crippen molar-refractivity contribution < 1.29 is 31.7 Å². The topological polar surface area (TPSA) is 135 Å². The molecular formula is C17H15F2N3O6S. The molecule has 2 aromatic rings. The first-order valence-corrected chi connectivity index (χ1v) is 9.80. The van der Waals surface area contributed by atoms with Crippen LogP contribution < -0.4 is 10.6 Å². The number of nitrogens with one attached hydrogen (secondary N) is 2. The summed E-state index contributed by atoms with van der Waals surface area (Å²) in [5.41, 5.74) is -1.15. The summed E-state index contributed by atoms with van der Waals surface area (Å²) in [5.74, 6) is -4.22. The predicted octanol–water partition coefficient (Wildman–Crippen LogP) is 1.49. The van der Waals surface area contributed by atoms with E-state index in [-0.39, 0.29) is 5.56 Å². The summed E-state index contributed by atoms with van der Waals surface area (Å²) in [6, 6.07) is 3.61. The predicted molar refractivity (Wildman–Crippen MR) is 96.8 cm³/mol. The molecule has 12 heteroatoms. The van der Waals surface area contributed by atoms with E-state index in [4.69, 9.17) is 0 Å². The second kappa shape index (κ2) is 8.31. The van der Waals surface area contributed by atoms with Gasteiger partial charge in [0.25, 0.3) is 11.6 Å². The van der Waals surface area contributed by atoms with Gasteiger partial charge in [0, 0.05) is 31.0 Å². The molecule has 9 nitrogen and oxygen atoms in total. The van der Waals surface area contributed by atoms with Crippen molar-refractivity contribution in [2.24, 2.45) is 0 Å². The van der Waals surface area contributed by atoms with Crippen LogP contribution in [0.15, 0.2) is 41.3 Å². The summed E-state index contributed by atoms with van der Waals surface area (Å²) in [6.07, 6.45) is 0.808. The Kier molecular flexibility index (Phi) is 6.27. The van der Waals surface area contributed by atoms with Crippen LogP contribution in [0.3, 0.4) is 0 Å². The monoisotopic (exact) mass is 427 g/mol. The number of nitrogens with zero attached hydrogens (tertiary/aromatic N) is 1. The van der Waals surface area contributed by atoms with Crippen LogP contribution in [0.1, 0.15) is 22.0 Å². The van der Waals surface area contributed by atoms with Gasteiger partial charge >= 0.3 is 0 Å².